The van der Waals surface area contributed by atoms with Gasteiger partial charge in [0.05, 0.1) is 0 Å². The summed E-state index contributed by atoms with van der Waals surface area (Å²) in [4.78, 5) is 13.5. The Morgan fingerprint density at radius 2 is 1.32 bits per heavy atom. The largest absolute Gasteiger partial charge is 0.506 e. The number of nitrogens with zero attached hydrogens (tertiary/aromatic N) is 1. The van der Waals surface area contributed by atoms with Crippen molar-refractivity contribution in [2.24, 2.45) is 5.92 Å². The Kier molecular flexibility index (Phi) is 23.7. The average Bonchev–Trinajstić information content (AvgIpc) is 3.31. The number of unbranched alkanes of at least 4 members (excludes halogenated alkanes) is 15. The van der Waals surface area contributed by atoms with Gasteiger partial charge < -0.3 is 14.7 Å². The van der Waals surface area contributed by atoms with E-state index in [1.54, 1.807) is 0 Å². The fraction of sp³-hybridized carbons (Fsp3) is 0.853. The van der Waals surface area contributed by atoms with Gasteiger partial charge in [0.1, 0.15) is 6.10 Å². The van der Waals surface area contributed by atoms with Crippen LogP contribution in [0.25, 0.3) is 0 Å². The van der Waals surface area contributed by atoms with Crippen molar-refractivity contribution >= 4 is 6.16 Å². The van der Waals surface area contributed by atoms with E-state index in [0.717, 1.165) is 38.0 Å². The summed E-state index contributed by atoms with van der Waals surface area (Å²) < 4.78 is 5.16. The predicted octanol–water partition coefficient (Wildman–Crippen LogP) is 10.7. The van der Waals surface area contributed by atoms with Gasteiger partial charge in [-0.25, -0.2) is 4.79 Å². The van der Waals surface area contributed by atoms with Crippen LogP contribution in [0.15, 0.2) is 24.3 Å². The molecule has 1 rings (SSSR count). The van der Waals surface area contributed by atoms with Gasteiger partial charge in [-0.05, 0) is 90.1 Å². The summed E-state index contributed by atoms with van der Waals surface area (Å²) in [6.45, 7) is 4.86. The molecule has 4 heteroatoms. The number of carbonyl (C=O) groups is 1. The van der Waals surface area contributed by atoms with Crippen molar-refractivity contribution in [2.75, 3.05) is 20.1 Å². The van der Waals surface area contributed by atoms with Gasteiger partial charge in [0, 0.05) is 6.54 Å². The fourth-order valence-electron chi connectivity index (χ4n) is 5.72. The molecule has 0 aliphatic carbocycles. The highest BCUT2D eigenvalue weighted by atomic mass is 16.7. The lowest BCUT2D eigenvalue weighted by Crippen LogP contribution is -2.16. The summed E-state index contributed by atoms with van der Waals surface area (Å²) in [5.74, 6) is 0.959. The molecule has 1 saturated heterocycles. The Labute approximate surface area is 236 Å². The molecular weight excluding hydrogens is 470 g/mol. The van der Waals surface area contributed by atoms with Gasteiger partial charge in [-0.15, -0.1) is 0 Å². The third-order valence-electron chi connectivity index (χ3n) is 8.12. The van der Waals surface area contributed by atoms with E-state index in [0.29, 0.717) is 0 Å². The lowest BCUT2D eigenvalue weighted by Gasteiger charge is -2.15. The SMILES string of the molecule is CCCCCCCCCCC(CCCCCCCC=CCC=CCCCCCC1CCN(C)C1)OC(=O)O. The van der Waals surface area contributed by atoms with Crippen molar-refractivity contribution in [3.05, 3.63) is 24.3 Å². The van der Waals surface area contributed by atoms with E-state index in [4.69, 9.17) is 9.84 Å². The molecule has 1 aliphatic heterocycles. The second kappa shape index (κ2) is 26.0. The molecule has 0 aromatic rings. The maximum Gasteiger partial charge on any atom is 0.506 e. The summed E-state index contributed by atoms with van der Waals surface area (Å²) >= 11 is 0. The summed E-state index contributed by atoms with van der Waals surface area (Å²) in [7, 11) is 2.25. The van der Waals surface area contributed by atoms with Crippen LogP contribution in [0.4, 0.5) is 4.79 Å². The Balaban J connectivity index is 1.89. The van der Waals surface area contributed by atoms with Crippen molar-refractivity contribution in [2.45, 2.75) is 161 Å². The number of likely N-dealkylation sites (tertiary alicyclic amines) is 1. The number of allylic oxidation sites excluding steroid dienone is 4. The van der Waals surface area contributed by atoms with Crippen LogP contribution in [0.2, 0.25) is 0 Å². The molecule has 0 spiro atoms. The van der Waals surface area contributed by atoms with Crippen molar-refractivity contribution in [1.82, 2.24) is 4.90 Å². The van der Waals surface area contributed by atoms with Crippen LogP contribution in [0.3, 0.4) is 0 Å². The molecule has 0 saturated carbocycles. The van der Waals surface area contributed by atoms with Crippen molar-refractivity contribution < 1.29 is 14.6 Å². The molecule has 1 aliphatic rings. The Bertz CT molecular complexity index is 588. The van der Waals surface area contributed by atoms with Crippen LogP contribution in [0, 0.1) is 5.92 Å². The number of hydrogen-bond donors (Lipinski definition) is 1. The summed E-state index contributed by atoms with van der Waals surface area (Å²) in [5, 5.41) is 9.05. The maximum absolute atomic E-state index is 11.0. The van der Waals surface area contributed by atoms with Crippen LogP contribution in [0.5, 0.6) is 0 Å². The Morgan fingerprint density at radius 1 is 0.789 bits per heavy atom. The quantitative estimate of drug-likeness (QED) is 0.0682. The number of hydrogen-bond acceptors (Lipinski definition) is 3. The molecule has 4 nitrogen and oxygen atoms in total. The lowest BCUT2D eigenvalue weighted by molar-refractivity contribution is 0.0422. The van der Waals surface area contributed by atoms with Gasteiger partial charge in [-0.1, -0.05) is 108 Å². The predicted molar refractivity (Wildman–Crippen MR) is 164 cm³/mol. The minimum absolute atomic E-state index is 0.109. The van der Waals surface area contributed by atoms with E-state index >= 15 is 0 Å². The van der Waals surface area contributed by atoms with E-state index < -0.39 is 6.16 Å². The first-order chi connectivity index (χ1) is 18.6. The molecular formula is C34H63NO3. The Hall–Kier alpha value is -1.29. The van der Waals surface area contributed by atoms with Crippen molar-refractivity contribution in [3.63, 3.8) is 0 Å². The van der Waals surface area contributed by atoms with E-state index in [9.17, 15) is 4.79 Å². The molecule has 0 radical (unpaired) electrons. The second-order valence-corrected chi connectivity index (χ2v) is 11.8. The third kappa shape index (κ3) is 22.7. The zero-order valence-corrected chi connectivity index (χ0v) is 25.4. The first kappa shape index (κ1) is 34.7. The first-order valence-corrected chi connectivity index (χ1v) is 16.5. The first-order valence-electron chi connectivity index (χ1n) is 16.5. The standard InChI is InChI=1S/C34H63NO3/c1-3-4-5-6-7-18-21-24-27-33(38-34(36)37)28-25-22-19-16-14-12-10-8-9-11-13-15-17-20-23-26-32-29-30-35(2)31-32/h8,10-11,13,32-33H,3-7,9,12,14-31H2,1-2H3,(H,36,37). The highest BCUT2D eigenvalue weighted by molar-refractivity contribution is 5.57. The second-order valence-electron chi connectivity index (χ2n) is 11.8. The van der Waals surface area contributed by atoms with E-state index in [2.05, 4.69) is 43.2 Å². The zero-order chi connectivity index (χ0) is 27.5. The van der Waals surface area contributed by atoms with Crippen LogP contribution in [-0.2, 0) is 4.74 Å². The van der Waals surface area contributed by atoms with E-state index in [-0.39, 0.29) is 6.10 Å². The minimum Gasteiger partial charge on any atom is -0.450 e. The Morgan fingerprint density at radius 3 is 1.84 bits per heavy atom. The summed E-state index contributed by atoms with van der Waals surface area (Å²) in [6, 6.07) is 0. The highest BCUT2D eigenvalue weighted by Crippen LogP contribution is 2.21. The van der Waals surface area contributed by atoms with Gasteiger partial charge in [0.15, 0.2) is 0 Å². The molecule has 1 fully saturated rings. The summed E-state index contributed by atoms with van der Waals surface area (Å²) in [5.41, 5.74) is 0. The zero-order valence-electron chi connectivity index (χ0n) is 25.4. The van der Waals surface area contributed by atoms with Crippen molar-refractivity contribution in [1.29, 1.82) is 0 Å². The molecule has 1 N–H and O–H groups in total. The molecule has 2 atom stereocenters. The van der Waals surface area contributed by atoms with Crippen LogP contribution < -0.4 is 0 Å². The topological polar surface area (TPSA) is 49.8 Å². The van der Waals surface area contributed by atoms with Gasteiger partial charge in [-0.3, -0.25) is 0 Å². The molecule has 0 amide bonds. The molecule has 0 aromatic heterocycles. The molecule has 222 valence electrons. The normalized spacial score (nSPS) is 17.2. The van der Waals surface area contributed by atoms with Crippen LogP contribution >= 0.6 is 0 Å². The van der Waals surface area contributed by atoms with Gasteiger partial charge in [0.2, 0.25) is 0 Å². The molecule has 38 heavy (non-hydrogen) atoms. The number of ether oxygens (including phenoxy) is 1. The lowest BCUT2D eigenvalue weighted by atomic mass is 10.00. The summed E-state index contributed by atoms with van der Waals surface area (Å²) in [6.07, 6.45) is 36.6. The molecule has 1 heterocycles. The van der Waals surface area contributed by atoms with E-state index in [1.807, 2.05) is 0 Å². The van der Waals surface area contributed by atoms with Gasteiger partial charge in [0.25, 0.3) is 0 Å². The minimum atomic E-state index is -1.11. The highest BCUT2D eigenvalue weighted by Gasteiger charge is 2.18. The van der Waals surface area contributed by atoms with Gasteiger partial charge >= 0.3 is 6.16 Å². The van der Waals surface area contributed by atoms with Crippen LogP contribution in [-0.4, -0.2) is 42.4 Å². The van der Waals surface area contributed by atoms with Gasteiger partial charge in [-0.2, -0.15) is 0 Å². The smallest absolute Gasteiger partial charge is 0.450 e. The molecule has 0 aromatic carbocycles. The van der Waals surface area contributed by atoms with E-state index in [1.165, 1.54) is 129 Å². The fourth-order valence-corrected chi connectivity index (χ4v) is 5.72. The van der Waals surface area contributed by atoms with Crippen molar-refractivity contribution in [3.8, 4) is 0 Å². The monoisotopic (exact) mass is 533 g/mol. The number of carboxylic acid groups (broad SMARTS) is 1. The number of rotatable bonds is 26. The molecule has 0 bridgehead atoms. The maximum atomic E-state index is 11.0. The third-order valence-corrected chi connectivity index (χ3v) is 8.12. The van der Waals surface area contributed by atoms with Crippen LogP contribution in [0.1, 0.15) is 155 Å². The molecule has 2 unspecified atom stereocenters. The average molecular weight is 534 g/mol.